The minimum atomic E-state index is -7.30. The number of aromatic carboxylic acids is 1. The molecule has 0 radical (unpaired) electrons. The monoisotopic (exact) mass is 598 g/mol. The second-order valence-corrected chi connectivity index (χ2v) is 7.86. The lowest BCUT2D eigenvalue weighted by Crippen LogP contribution is -2.66. The smallest absolute Gasteiger partial charge is 0.460 e. The van der Waals surface area contributed by atoms with Crippen molar-refractivity contribution in [3.8, 4) is 0 Å². The van der Waals surface area contributed by atoms with E-state index in [9.17, 15) is 53.1 Å². The fourth-order valence-corrected chi connectivity index (χ4v) is 3.06. The molecule has 0 saturated carbocycles. The average molecular weight is 598 g/mol. The first-order chi connectivity index (χ1) is 14.3. The Hall–Kier alpha value is -1.61. The fraction of sp³-hybridized carbons (Fsp3) is 0.500. The Morgan fingerprint density at radius 3 is 1.91 bits per heavy atom. The van der Waals surface area contributed by atoms with E-state index in [-0.39, 0.29) is 30.9 Å². The number of rotatable bonds is 9. The third-order valence-electron chi connectivity index (χ3n) is 4.34. The largest absolute Gasteiger partial charge is 0.478 e. The van der Waals surface area contributed by atoms with E-state index in [4.69, 9.17) is 5.11 Å². The highest BCUT2D eigenvalue weighted by Crippen LogP contribution is 2.57. The SMILES string of the molecule is O=C(O)c1cc(I)ccc1CCCCC=CC(F)(C(F)(F)F)C(F)(F)C(F)(F)C(F)(F)F. The molecule has 0 aliphatic carbocycles. The van der Waals surface area contributed by atoms with Gasteiger partial charge in [0, 0.05) is 3.57 Å². The quantitative estimate of drug-likeness (QED) is 0.140. The van der Waals surface area contributed by atoms with E-state index in [1.807, 2.05) is 22.6 Å². The maximum atomic E-state index is 14.0. The van der Waals surface area contributed by atoms with Gasteiger partial charge in [0.2, 0.25) is 0 Å². The molecule has 0 heterocycles. The van der Waals surface area contributed by atoms with Crippen LogP contribution in [0.1, 0.15) is 35.2 Å². The first-order valence-electron chi connectivity index (χ1n) is 8.57. The maximum Gasteiger partial charge on any atom is 0.460 e. The van der Waals surface area contributed by atoms with E-state index >= 15 is 0 Å². The molecule has 0 spiro atoms. The Balaban J connectivity index is 2.96. The summed E-state index contributed by atoms with van der Waals surface area (Å²) in [4.78, 5) is 11.2. The normalized spacial score (nSPS) is 15.8. The lowest BCUT2D eigenvalue weighted by atomic mass is 9.90. The molecular formula is C18H14F11IO2. The van der Waals surface area contributed by atoms with Gasteiger partial charge in [-0.25, -0.2) is 9.18 Å². The molecule has 0 aliphatic heterocycles. The summed E-state index contributed by atoms with van der Waals surface area (Å²) in [5.41, 5.74) is -6.00. The molecule has 0 bridgehead atoms. The summed E-state index contributed by atoms with van der Waals surface area (Å²) in [5, 5.41) is 9.12. The number of alkyl halides is 11. The summed E-state index contributed by atoms with van der Waals surface area (Å²) >= 11 is 1.86. The Bertz CT molecular complexity index is 846. The van der Waals surface area contributed by atoms with Gasteiger partial charge in [0.15, 0.2) is 0 Å². The zero-order valence-electron chi connectivity index (χ0n) is 15.6. The van der Waals surface area contributed by atoms with Gasteiger partial charge in [0.05, 0.1) is 5.56 Å². The van der Waals surface area contributed by atoms with Crippen molar-refractivity contribution >= 4 is 28.6 Å². The average Bonchev–Trinajstić information content (AvgIpc) is 2.62. The molecule has 0 fully saturated rings. The molecule has 32 heavy (non-hydrogen) atoms. The highest BCUT2D eigenvalue weighted by molar-refractivity contribution is 14.1. The molecule has 2 nitrogen and oxygen atoms in total. The molecule has 1 unspecified atom stereocenters. The molecule has 0 saturated heterocycles. The van der Waals surface area contributed by atoms with Gasteiger partial charge in [-0.15, -0.1) is 0 Å². The van der Waals surface area contributed by atoms with Crippen LogP contribution < -0.4 is 0 Å². The van der Waals surface area contributed by atoms with E-state index in [1.54, 1.807) is 6.07 Å². The van der Waals surface area contributed by atoms with Crippen LogP contribution in [0, 0.1) is 3.57 Å². The van der Waals surface area contributed by atoms with Crippen molar-refractivity contribution in [2.45, 2.75) is 55.5 Å². The van der Waals surface area contributed by atoms with Crippen LogP contribution >= 0.6 is 22.6 Å². The second kappa shape index (κ2) is 9.71. The molecule has 182 valence electrons. The van der Waals surface area contributed by atoms with E-state index in [0.717, 1.165) is 0 Å². The van der Waals surface area contributed by atoms with Gasteiger partial charge < -0.3 is 5.11 Å². The molecule has 1 rings (SSSR count). The number of benzene rings is 1. The van der Waals surface area contributed by atoms with Crippen LogP contribution in [0.4, 0.5) is 48.3 Å². The number of hydrogen-bond donors (Lipinski definition) is 1. The van der Waals surface area contributed by atoms with E-state index < -0.39 is 48.3 Å². The van der Waals surface area contributed by atoms with Crippen molar-refractivity contribution in [3.63, 3.8) is 0 Å². The number of hydrogen-bond acceptors (Lipinski definition) is 1. The van der Waals surface area contributed by atoms with Gasteiger partial charge in [-0.3, -0.25) is 0 Å². The van der Waals surface area contributed by atoms with Crippen LogP contribution in [0.2, 0.25) is 0 Å². The van der Waals surface area contributed by atoms with Crippen LogP contribution in [0.3, 0.4) is 0 Å². The Morgan fingerprint density at radius 2 is 1.44 bits per heavy atom. The van der Waals surface area contributed by atoms with Crippen molar-refractivity contribution in [1.29, 1.82) is 0 Å². The topological polar surface area (TPSA) is 37.3 Å². The minimum absolute atomic E-state index is 0.0543. The van der Waals surface area contributed by atoms with Crippen molar-refractivity contribution in [1.82, 2.24) is 0 Å². The van der Waals surface area contributed by atoms with Crippen molar-refractivity contribution in [3.05, 3.63) is 45.0 Å². The van der Waals surface area contributed by atoms with Crippen LogP contribution in [-0.2, 0) is 6.42 Å². The number of halogens is 12. The maximum absolute atomic E-state index is 14.0. The first kappa shape index (κ1) is 28.4. The van der Waals surface area contributed by atoms with Crippen molar-refractivity contribution in [2.75, 3.05) is 0 Å². The molecular weight excluding hydrogens is 584 g/mol. The summed E-state index contributed by atoms with van der Waals surface area (Å²) < 4.78 is 143. The lowest BCUT2D eigenvalue weighted by molar-refractivity contribution is -0.402. The molecule has 1 aromatic rings. The van der Waals surface area contributed by atoms with Crippen molar-refractivity contribution < 1.29 is 58.2 Å². The number of carboxylic acids is 1. The van der Waals surface area contributed by atoms with Crippen LogP contribution in [0.15, 0.2) is 30.4 Å². The zero-order chi connectivity index (χ0) is 25.2. The summed E-state index contributed by atoms with van der Waals surface area (Å²) in [6.07, 6.45) is -15.4. The molecule has 14 heteroatoms. The van der Waals surface area contributed by atoms with Crippen molar-refractivity contribution in [2.24, 2.45) is 0 Å². The molecule has 1 aromatic carbocycles. The minimum Gasteiger partial charge on any atom is -0.478 e. The zero-order valence-corrected chi connectivity index (χ0v) is 17.8. The van der Waals surface area contributed by atoms with Crippen LogP contribution in [-0.4, -0.2) is 40.9 Å². The highest BCUT2D eigenvalue weighted by Gasteiger charge is 2.85. The van der Waals surface area contributed by atoms with Gasteiger partial charge in [0.1, 0.15) is 0 Å². The summed E-state index contributed by atoms with van der Waals surface area (Å²) in [5.74, 6) is -15.7. The third kappa shape index (κ3) is 5.65. The number of unbranched alkanes of at least 4 members (excludes halogenated alkanes) is 2. The molecule has 0 amide bonds. The first-order valence-corrected chi connectivity index (χ1v) is 9.65. The number of carboxylic acid groups (broad SMARTS) is 1. The Morgan fingerprint density at radius 1 is 0.875 bits per heavy atom. The lowest BCUT2D eigenvalue weighted by Gasteiger charge is -2.37. The van der Waals surface area contributed by atoms with Crippen LogP contribution in [0.5, 0.6) is 0 Å². The number of aryl methyl sites for hydroxylation is 1. The highest BCUT2D eigenvalue weighted by atomic mass is 127. The standard InChI is InChI=1S/C18H14F11IO2/c19-14(17(24,25)26,15(20,21)16(22,23)18(27,28)29)8-4-2-1-3-5-10-6-7-11(30)9-12(10)13(31)32/h4,6-9H,1-3,5H2,(H,31,32). The molecule has 0 aliphatic rings. The molecule has 1 atom stereocenters. The predicted octanol–water partition coefficient (Wildman–Crippen LogP) is 7.36. The molecule has 0 aromatic heterocycles. The number of allylic oxidation sites excluding steroid dienone is 2. The Kier molecular flexibility index (Phi) is 8.63. The van der Waals surface area contributed by atoms with Crippen LogP contribution in [0.25, 0.3) is 0 Å². The van der Waals surface area contributed by atoms with Gasteiger partial charge in [0.25, 0.3) is 5.67 Å². The molecule has 1 N–H and O–H groups in total. The fourth-order valence-electron chi connectivity index (χ4n) is 2.57. The van der Waals surface area contributed by atoms with E-state index in [2.05, 4.69) is 0 Å². The van der Waals surface area contributed by atoms with Gasteiger partial charge in [-0.1, -0.05) is 12.1 Å². The summed E-state index contributed by atoms with van der Waals surface area (Å²) in [7, 11) is 0. The van der Waals surface area contributed by atoms with Gasteiger partial charge in [-0.2, -0.15) is 43.9 Å². The van der Waals surface area contributed by atoms with Gasteiger partial charge in [-0.05, 0) is 72.0 Å². The van der Waals surface area contributed by atoms with Gasteiger partial charge >= 0.3 is 30.2 Å². The third-order valence-corrected chi connectivity index (χ3v) is 5.01. The van der Waals surface area contributed by atoms with E-state index in [0.29, 0.717) is 9.13 Å². The summed E-state index contributed by atoms with van der Waals surface area (Å²) in [6, 6.07) is 4.39. The number of carbonyl (C=O) groups is 1. The van der Waals surface area contributed by atoms with E-state index in [1.165, 1.54) is 12.1 Å². The predicted molar refractivity (Wildman–Crippen MR) is 98.7 cm³/mol. The second-order valence-electron chi connectivity index (χ2n) is 6.61. The Labute approximate surface area is 187 Å². The summed E-state index contributed by atoms with van der Waals surface area (Å²) in [6.45, 7) is 0.